The molecule has 2 amide bonds. The Balaban J connectivity index is 1.30. The van der Waals surface area contributed by atoms with E-state index in [4.69, 9.17) is 4.42 Å². The zero-order chi connectivity index (χ0) is 18.6. The van der Waals surface area contributed by atoms with Gasteiger partial charge < -0.3 is 14.2 Å². The molecule has 0 atom stereocenters. The van der Waals surface area contributed by atoms with Gasteiger partial charge in [-0.3, -0.25) is 14.5 Å². The monoisotopic (exact) mass is 369 g/mol. The quantitative estimate of drug-likeness (QED) is 0.834. The number of fused-ring (bicyclic) bond motifs is 1. The predicted molar refractivity (Wildman–Crippen MR) is 104 cm³/mol. The molecule has 2 fully saturated rings. The van der Waals surface area contributed by atoms with Gasteiger partial charge in [0.05, 0.1) is 6.54 Å². The predicted octanol–water partition coefficient (Wildman–Crippen LogP) is 2.59. The van der Waals surface area contributed by atoms with Crippen molar-refractivity contribution in [3.05, 3.63) is 36.1 Å². The summed E-state index contributed by atoms with van der Waals surface area (Å²) in [5.74, 6) is 0.559. The number of carbonyl (C=O) groups is 2. The summed E-state index contributed by atoms with van der Waals surface area (Å²) in [7, 11) is 0. The van der Waals surface area contributed by atoms with Crippen LogP contribution in [0.3, 0.4) is 0 Å². The van der Waals surface area contributed by atoms with Gasteiger partial charge in [-0.15, -0.1) is 0 Å². The lowest BCUT2D eigenvalue weighted by Crippen LogP contribution is -2.51. The van der Waals surface area contributed by atoms with Crippen LogP contribution in [0.4, 0.5) is 0 Å². The molecule has 0 aliphatic carbocycles. The summed E-state index contributed by atoms with van der Waals surface area (Å²) in [5.41, 5.74) is 0.738. The fraction of sp³-hybridized carbons (Fsp3) is 0.524. The molecule has 2 aliphatic rings. The number of furan rings is 1. The second kappa shape index (κ2) is 8.13. The first-order valence-corrected chi connectivity index (χ1v) is 9.99. The largest absolute Gasteiger partial charge is 0.451 e. The third-order valence-corrected chi connectivity index (χ3v) is 5.61. The van der Waals surface area contributed by atoms with Crippen LogP contribution in [0.2, 0.25) is 0 Å². The van der Waals surface area contributed by atoms with Crippen molar-refractivity contribution >= 4 is 22.8 Å². The maximum Gasteiger partial charge on any atom is 0.289 e. The minimum atomic E-state index is -0.0651. The van der Waals surface area contributed by atoms with Gasteiger partial charge in [0.2, 0.25) is 5.91 Å². The van der Waals surface area contributed by atoms with Crippen molar-refractivity contribution in [1.29, 1.82) is 0 Å². The van der Waals surface area contributed by atoms with Crippen molar-refractivity contribution in [2.24, 2.45) is 0 Å². The summed E-state index contributed by atoms with van der Waals surface area (Å²) >= 11 is 0. The Morgan fingerprint density at radius 1 is 0.852 bits per heavy atom. The van der Waals surface area contributed by atoms with Crippen LogP contribution >= 0.6 is 0 Å². The summed E-state index contributed by atoms with van der Waals surface area (Å²) in [6.45, 7) is 4.96. The third kappa shape index (κ3) is 4.16. The number of likely N-dealkylation sites (tertiary alicyclic amines) is 1. The summed E-state index contributed by atoms with van der Waals surface area (Å²) in [6, 6.07) is 9.47. The van der Waals surface area contributed by atoms with E-state index in [0.29, 0.717) is 25.4 Å². The summed E-state index contributed by atoms with van der Waals surface area (Å²) in [6.07, 6.45) is 4.69. The van der Waals surface area contributed by atoms with E-state index in [2.05, 4.69) is 4.90 Å². The van der Waals surface area contributed by atoms with Crippen LogP contribution in [-0.2, 0) is 4.79 Å². The zero-order valence-electron chi connectivity index (χ0n) is 15.7. The number of para-hydroxylation sites is 1. The van der Waals surface area contributed by atoms with Crippen LogP contribution in [0, 0.1) is 0 Å². The number of hydrogen-bond donors (Lipinski definition) is 0. The van der Waals surface area contributed by atoms with Crippen LogP contribution < -0.4 is 0 Å². The van der Waals surface area contributed by atoms with Crippen molar-refractivity contribution in [3.63, 3.8) is 0 Å². The second-order valence-corrected chi connectivity index (χ2v) is 7.51. The van der Waals surface area contributed by atoms with E-state index >= 15 is 0 Å². The summed E-state index contributed by atoms with van der Waals surface area (Å²) in [5, 5.41) is 0.947. The van der Waals surface area contributed by atoms with Gasteiger partial charge in [0.25, 0.3) is 5.91 Å². The standard InChI is InChI=1S/C21H27N3O3/c25-20(23-9-5-1-2-6-10-23)16-22-11-13-24(14-12-22)21(26)19-15-17-7-3-4-8-18(17)27-19/h3-4,7-8,15H,1-2,5-6,9-14,16H2. The SMILES string of the molecule is O=C(CN1CCN(C(=O)c2cc3ccccc3o2)CC1)N1CCCCCC1. The molecule has 2 aliphatic heterocycles. The lowest BCUT2D eigenvalue weighted by Gasteiger charge is -2.35. The number of benzene rings is 1. The third-order valence-electron chi connectivity index (χ3n) is 5.61. The average Bonchev–Trinajstić information content (AvgIpc) is 2.94. The number of rotatable bonds is 3. The Labute approximate surface area is 159 Å². The topological polar surface area (TPSA) is 57.0 Å². The van der Waals surface area contributed by atoms with Gasteiger partial charge in [0, 0.05) is 44.7 Å². The van der Waals surface area contributed by atoms with Crippen molar-refractivity contribution in [2.45, 2.75) is 25.7 Å². The van der Waals surface area contributed by atoms with Crippen molar-refractivity contribution in [3.8, 4) is 0 Å². The lowest BCUT2D eigenvalue weighted by molar-refractivity contribution is -0.132. The molecular formula is C21H27N3O3. The summed E-state index contributed by atoms with van der Waals surface area (Å²) in [4.78, 5) is 31.3. The summed E-state index contributed by atoms with van der Waals surface area (Å²) < 4.78 is 5.70. The minimum Gasteiger partial charge on any atom is -0.451 e. The smallest absolute Gasteiger partial charge is 0.289 e. The fourth-order valence-electron chi connectivity index (χ4n) is 3.96. The maximum atomic E-state index is 12.7. The molecular weight excluding hydrogens is 342 g/mol. The number of carbonyl (C=O) groups excluding carboxylic acids is 2. The molecule has 3 heterocycles. The highest BCUT2D eigenvalue weighted by Crippen LogP contribution is 2.20. The van der Waals surface area contributed by atoms with Crippen LogP contribution in [0.25, 0.3) is 11.0 Å². The second-order valence-electron chi connectivity index (χ2n) is 7.51. The first-order valence-electron chi connectivity index (χ1n) is 9.99. The van der Waals surface area contributed by atoms with Gasteiger partial charge in [-0.1, -0.05) is 31.0 Å². The molecule has 0 N–H and O–H groups in total. The molecule has 1 aromatic heterocycles. The first-order chi connectivity index (χ1) is 13.2. The molecule has 27 heavy (non-hydrogen) atoms. The van der Waals surface area contributed by atoms with Gasteiger partial charge in [-0.2, -0.15) is 0 Å². The van der Waals surface area contributed by atoms with Gasteiger partial charge >= 0.3 is 0 Å². The zero-order valence-corrected chi connectivity index (χ0v) is 15.7. The Morgan fingerprint density at radius 2 is 1.56 bits per heavy atom. The number of piperazine rings is 1. The van der Waals surface area contributed by atoms with E-state index in [9.17, 15) is 9.59 Å². The molecule has 0 radical (unpaired) electrons. The fourth-order valence-corrected chi connectivity index (χ4v) is 3.96. The molecule has 144 valence electrons. The molecule has 0 spiro atoms. The van der Waals surface area contributed by atoms with Crippen molar-refractivity contribution in [2.75, 3.05) is 45.8 Å². The van der Waals surface area contributed by atoms with E-state index < -0.39 is 0 Å². The molecule has 4 rings (SSSR count). The number of hydrogen-bond acceptors (Lipinski definition) is 4. The average molecular weight is 369 g/mol. The highest BCUT2D eigenvalue weighted by atomic mass is 16.3. The lowest BCUT2D eigenvalue weighted by atomic mass is 10.2. The van der Waals surface area contributed by atoms with E-state index in [0.717, 1.165) is 50.0 Å². The Morgan fingerprint density at radius 3 is 2.26 bits per heavy atom. The molecule has 2 aromatic rings. The van der Waals surface area contributed by atoms with E-state index in [-0.39, 0.29) is 11.8 Å². The molecule has 6 heteroatoms. The van der Waals surface area contributed by atoms with Crippen molar-refractivity contribution in [1.82, 2.24) is 14.7 Å². The Bertz CT molecular complexity index is 767. The van der Waals surface area contributed by atoms with Crippen LogP contribution in [0.15, 0.2) is 34.7 Å². The molecule has 6 nitrogen and oxygen atoms in total. The van der Waals surface area contributed by atoms with Gasteiger partial charge in [-0.25, -0.2) is 0 Å². The van der Waals surface area contributed by atoms with Crippen LogP contribution in [-0.4, -0.2) is 72.3 Å². The van der Waals surface area contributed by atoms with E-state index in [1.165, 1.54) is 12.8 Å². The highest BCUT2D eigenvalue weighted by Gasteiger charge is 2.26. The molecule has 0 bridgehead atoms. The van der Waals surface area contributed by atoms with Gasteiger partial charge in [-0.05, 0) is 25.0 Å². The van der Waals surface area contributed by atoms with Crippen LogP contribution in [0.5, 0.6) is 0 Å². The highest BCUT2D eigenvalue weighted by molar-refractivity contribution is 5.96. The maximum absolute atomic E-state index is 12.7. The first kappa shape index (κ1) is 18.0. The normalized spacial score (nSPS) is 19.3. The molecule has 0 unspecified atom stereocenters. The number of nitrogens with zero attached hydrogens (tertiary/aromatic N) is 3. The number of amides is 2. The molecule has 2 saturated heterocycles. The minimum absolute atomic E-state index is 0.0651. The Kier molecular flexibility index (Phi) is 5.43. The molecule has 0 saturated carbocycles. The van der Waals surface area contributed by atoms with Gasteiger partial charge in [0.1, 0.15) is 5.58 Å². The Hall–Kier alpha value is -2.34. The van der Waals surface area contributed by atoms with E-state index in [1.807, 2.05) is 40.1 Å². The molecule has 1 aromatic carbocycles. The van der Waals surface area contributed by atoms with Crippen LogP contribution in [0.1, 0.15) is 36.2 Å². The van der Waals surface area contributed by atoms with E-state index in [1.54, 1.807) is 0 Å². The van der Waals surface area contributed by atoms with Gasteiger partial charge in [0.15, 0.2) is 5.76 Å². The van der Waals surface area contributed by atoms with Crippen molar-refractivity contribution < 1.29 is 14.0 Å².